The van der Waals surface area contributed by atoms with Crippen LogP contribution in [0.4, 0.5) is 5.69 Å². The molecule has 0 fully saturated rings. The molecular formula is C13H17BrN8O. The predicted molar refractivity (Wildman–Crippen MR) is 92.9 cm³/mol. The zero-order chi connectivity index (χ0) is 16.6. The minimum absolute atomic E-state index is 0.314. The maximum atomic E-state index is 6.29. The van der Waals surface area contributed by atoms with Crippen LogP contribution in [0.2, 0.25) is 0 Å². The van der Waals surface area contributed by atoms with E-state index in [-0.39, 0.29) is 0 Å². The van der Waals surface area contributed by atoms with Gasteiger partial charge in [0.05, 0.1) is 29.3 Å². The van der Waals surface area contributed by atoms with E-state index in [4.69, 9.17) is 22.0 Å². The zero-order valence-electron chi connectivity index (χ0n) is 12.4. The number of hydrazine groups is 1. The SMILES string of the molecule is COc1cc2[nH]ncc2cc1N(N)C1=NCNC(N)=C1C(N)Br. The molecule has 1 aliphatic heterocycles. The lowest BCUT2D eigenvalue weighted by Gasteiger charge is -2.29. The Morgan fingerprint density at radius 2 is 2.22 bits per heavy atom. The molecule has 1 atom stereocenters. The Balaban J connectivity index is 2.09. The summed E-state index contributed by atoms with van der Waals surface area (Å²) in [5, 5.41) is 12.1. The maximum Gasteiger partial charge on any atom is 0.153 e. The summed E-state index contributed by atoms with van der Waals surface area (Å²) < 4.78 is 5.43. The summed E-state index contributed by atoms with van der Waals surface area (Å²) in [4.78, 5) is 3.87. The van der Waals surface area contributed by atoms with E-state index >= 15 is 0 Å². The Hall–Kier alpha value is -2.30. The third kappa shape index (κ3) is 2.71. The van der Waals surface area contributed by atoms with Crippen molar-refractivity contribution in [3.8, 4) is 5.75 Å². The molecule has 3 rings (SSSR count). The number of nitrogens with two attached hydrogens (primary N) is 3. The highest BCUT2D eigenvalue weighted by molar-refractivity contribution is 9.09. The molecule has 0 spiro atoms. The van der Waals surface area contributed by atoms with Crippen molar-refractivity contribution in [3.63, 3.8) is 0 Å². The number of ether oxygens (including phenoxy) is 1. The first kappa shape index (κ1) is 15.6. The number of methoxy groups -OCH3 is 1. The van der Waals surface area contributed by atoms with Crippen LogP contribution in [0.1, 0.15) is 0 Å². The van der Waals surface area contributed by atoms with E-state index in [1.54, 1.807) is 13.3 Å². The predicted octanol–water partition coefficient (Wildman–Crippen LogP) is 0.0608. The maximum absolute atomic E-state index is 6.29. The fourth-order valence-electron chi connectivity index (χ4n) is 2.40. The van der Waals surface area contributed by atoms with Crippen LogP contribution in [0.15, 0.2) is 34.7 Å². The molecule has 0 saturated carbocycles. The number of aromatic amines is 1. The number of alkyl halides is 1. The molecule has 2 heterocycles. The van der Waals surface area contributed by atoms with E-state index in [1.165, 1.54) is 5.01 Å². The van der Waals surface area contributed by atoms with Crippen LogP contribution in [0.25, 0.3) is 10.9 Å². The van der Waals surface area contributed by atoms with Gasteiger partial charge in [-0.05, 0) is 6.07 Å². The number of fused-ring (bicyclic) bond motifs is 1. The van der Waals surface area contributed by atoms with E-state index in [9.17, 15) is 0 Å². The Morgan fingerprint density at radius 1 is 1.43 bits per heavy atom. The molecule has 1 aromatic heterocycles. The number of benzene rings is 1. The Morgan fingerprint density at radius 3 is 2.91 bits per heavy atom. The summed E-state index contributed by atoms with van der Waals surface area (Å²) in [5.41, 5.74) is 14.0. The monoisotopic (exact) mass is 380 g/mol. The molecule has 122 valence electrons. The minimum atomic E-state index is -0.510. The van der Waals surface area contributed by atoms with Gasteiger partial charge in [0.25, 0.3) is 0 Å². The van der Waals surface area contributed by atoms with Gasteiger partial charge in [0, 0.05) is 11.5 Å². The van der Waals surface area contributed by atoms with Crippen LogP contribution in [0, 0.1) is 0 Å². The zero-order valence-corrected chi connectivity index (χ0v) is 14.0. The lowest BCUT2D eigenvalue weighted by Crippen LogP contribution is -2.47. The molecule has 1 aliphatic rings. The number of aromatic nitrogens is 2. The quantitative estimate of drug-likeness (QED) is 0.219. The number of nitrogens with one attached hydrogen (secondary N) is 2. The van der Waals surface area contributed by atoms with Gasteiger partial charge in [-0.15, -0.1) is 0 Å². The summed E-state index contributed by atoms with van der Waals surface area (Å²) in [7, 11) is 1.57. The van der Waals surface area contributed by atoms with Gasteiger partial charge >= 0.3 is 0 Å². The van der Waals surface area contributed by atoms with Crippen LogP contribution in [-0.4, -0.2) is 34.8 Å². The van der Waals surface area contributed by atoms with Crippen molar-refractivity contribution in [2.75, 3.05) is 18.8 Å². The van der Waals surface area contributed by atoms with Crippen molar-refractivity contribution in [2.45, 2.75) is 4.95 Å². The van der Waals surface area contributed by atoms with Crippen molar-refractivity contribution in [2.24, 2.45) is 22.3 Å². The molecule has 0 amide bonds. The first-order valence-corrected chi connectivity index (χ1v) is 7.68. The number of aliphatic imine (C=N–C) groups is 1. The van der Waals surface area contributed by atoms with Gasteiger partial charge in [-0.2, -0.15) is 5.10 Å². The highest BCUT2D eigenvalue weighted by Crippen LogP contribution is 2.32. The van der Waals surface area contributed by atoms with Gasteiger partial charge in [-0.1, -0.05) is 15.9 Å². The molecule has 1 unspecified atom stereocenters. The second-order valence-electron chi connectivity index (χ2n) is 4.90. The Kier molecular flexibility index (Phi) is 4.11. The smallest absolute Gasteiger partial charge is 0.153 e. The Labute approximate surface area is 140 Å². The summed E-state index contributed by atoms with van der Waals surface area (Å²) in [6.45, 7) is 0.314. The number of hydrogen-bond acceptors (Lipinski definition) is 8. The molecule has 0 saturated heterocycles. The second kappa shape index (κ2) is 6.07. The normalized spacial score (nSPS) is 16.1. The average Bonchev–Trinajstić information content (AvgIpc) is 2.99. The van der Waals surface area contributed by atoms with Gasteiger partial charge in [-0.3, -0.25) is 10.1 Å². The van der Waals surface area contributed by atoms with Crippen molar-refractivity contribution in [1.29, 1.82) is 0 Å². The molecular weight excluding hydrogens is 364 g/mol. The topological polar surface area (TPSA) is 144 Å². The minimum Gasteiger partial charge on any atom is -0.494 e. The first-order chi connectivity index (χ1) is 11.0. The van der Waals surface area contributed by atoms with Crippen LogP contribution in [0.3, 0.4) is 0 Å². The highest BCUT2D eigenvalue weighted by atomic mass is 79.9. The van der Waals surface area contributed by atoms with Crippen LogP contribution in [0.5, 0.6) is 5.75 Å². The summed E-state index contributed by atoms with van der Waals surface area (Å²) >= 11 is 3.32. The number of rotatable bonds is 3. The van der Waals surface area contributed by atoms with E-state index < -0.39 is 4.95 Å². The number of hydrogen-bond donors (Lipinski definition) is 5. The second-order valence-corrected chi connectivity index (χ2v) is 5.88. The number of H-pyrrole nitrogens is 1. The highest BCUT2D eigenvalue weighted by Gasteiger charge is 2.26. The van der Waals surface area contributed by atoms with Crippen molar-refractivity contribution in [1.82, 2.24) is 15.5 Å². The standard InChI is InChI=1S/C13H17BrN8O/c1-23-9-3-7-6(4-20-21-7)2-8(9)22(17)13-10(11(14)15)12(16)18-5-19-13/h2-4,11,18H,5,15-17H2,1H3,(H,20,21). The van der Waals surface area contributed by atoms with Crippen molar-refractivity contribution < 1.29 is 4.74 Å². The summed E-state index contributed by atoms with van der Waals surface area (Å²) in [5.74, 6) is 7.76. The van der Waals surface area contributed by atoms with Gasteiger partial charge in [0.1, 0.15) is 23.9 Å². The average molecular weight is 381 g/mol. The fraction of sp³-hybridized carbons (Fsp3) is 0.231. The summed E-state index contributed by atoms with van der Waals surface area (Å²) in [6, 6.07) is 3.68. The van der Waals surface area contributed by atoms with E-state index in [0.29, 0.717) is 35.3 Å². The van der Waals surface area contributed by atoms with E-state index in [1.807, 2.05) is 12.1 Å². The fourth-order valence-corrected chi connectivity index (χ4v) is 2.86. The number of nitrogens with zero attached hydrogens (tertiary/aromatic N) is 3. The number of amidine groups is 1. The van der Waals surface area contributed by atoms with Gasteiger partial charge < -0.3 is 21.5 Å². The molecule has 0 bridgehead atoms. The molecule has 0 aliphatic carbocycles. The molecule has 8 N–H and O–H groups in total. The third-order valence-electron chi connectivity index (χ3n) is 3.53. The molecule has 23 heavy (non-hydrogen) atoms. The van der Waals surface area contributed by atoms with E-state index in [0.717, 1.165) is 10.9 Å². The largest absolute Gasteiger partial charge is 0.494 e. The van der Waals surface area contributed by atoms with Crippen molar-refractivity contribution >= 4 is 38.4 Å². The summed E-state index contributed by atoms with van der Waals surface area (Å²) in [6.07, 6.45) is 1.71. The van der Waals surface area contributed by atoms with Crippen LogP contribution in [-0.2, 0) is 0 Å². The third-order valence-corrected chi connectivity index (χ3v) is 3.99. The molecule has 1 aromatic carbocycles. The lowest BCUT2D eigenvalue weighted by molar-refractivity contribution is 0.416. The van der Waals surface area contributed by atoms with E-state index in [2.05, 4.69) is 36.4 Å². The molecule has 9 nitrogen and oxygen atoms in total. The lowest BCUT2D eigenvalue weighted by atomic mass is 10.1. The van der Waals surface area contributed by atoms with Crippen LogP contribution < -0.4 is 32.4 Å². The van der Waals surface area contributed by atoms with Crippen molar-refractivity contribution in [3.05, 3.63) is 29.7 Å². The van der Waals surface area contributed by atoms with Gasteiger partial charge in [0.2, 0.25) is 0 Å². The van der Waals surface area contributed by atoms with Gasteiger partial charge in [-0.25, -0.2) is 10.8 Å². The first-order valence-electron chi connectivity index (χ1n) is 6.77. The molecule has 10 heteroatoms. The van der Waals surface area contributed by atoms with Gasteiger partial charge in [0.15, 0.2) is 5.84 Å². The number of halogens is 1. The number of anilines is 1. The molecule has 2 aromatic rings. The van der Waals surface area contributed by atoms with Crippen LogP contribution >= 0.6 is 15.9 Å². The molecule has 0 radical (unpaired) electrons. The Bertz CT molecular complexity index is 796.